The molecule has 2 rings (SSSR count). The van der Waals surface area contributed by atoms with Gasteiger partial charge in [-0.3, -0.25) is 4.72 Å². The number of aromatic nitrogens is 1. The van der Waals surface area contributed by atoms with Crippen molar-refractivity contribution in [2.45, 2.75) is 18.7 Å². The molecule has 7 heteroatoms. The van der Waals surface area contributed by atoms with Crippen LogP contribution in [0, 0.1) is 13.8 Å². The molecule has 0 bridgehead atoms. The predicted molar refractivity (Wildman–Crippen MR) is 64.9 cm³/mol. The van der Waals surface area contributed by atoms with Crippen LogP contribution in [0.3, 0.4) is 0 Å². The zero-order valence-corrected chi connectivity index (χ0v) is 10.7. The first-order valence-electron chi connectivity index (χ1n) is 5.15. The number of sulfonamides is 1. The number of aryl methyl sites for hydroxylation is 2. The van der Waals surface area contributed by atoms with Crippen molar-refractivity contribution in [3.63, 3.8) is 0 Å². The number of phenols is 1. The van der Waals surface area contributed by atoms with Crippen LogP contribution in [-0.4, -0.2) is 18.7 Å². The van der Waals surface area contributed by atoms with Gasteiger partial charge in [-0.25, -0.2) is 8.42 Å². The van der Waals surface area contributed by atoms with Gasteiger partial charge < -0.3 is 9.63 Å². The highest BCUT2D eigenvalue weighted by molar-refractivity contribution is 7.92. The van der Waals surface area contributed by atoms with E-state index in [1.54, 1.807) is 12.1 Å². The minimum Gasteiger partial charge on any atom is -0.506 e. The number of para-hydroxylation sites is 2. The normalized spacial score (nSPS) is 11.4. The van der Waals surface area contributed by atoms with Crippen molar-refractivity contribution in [2.24, 2.45) is 0 Å². The van der Waals surface area contributed by atoms with Gasteiger partial charge in [0.05, 0.1) is 5.69 Å². The van der Waals surface area contributed by atoms with E-state index in [2.05, 4.69) is 9.88 Å². The van der Waals surface area contributed by atoms with Gasteiger partial charge in [-0.05, 0) is 26.0 Å². The van der Waals surface area contributed by atoms with Gasteiger partial charge in [0.15, 0.2) is 10.7 Å². The number of hydrogen-bond donors (Lipinski definition) is 2. The van der Waals surface area contributed by atoms with Gasteiger partial charge in [0.25, 0.3) is 10.0 Å². The molecule has 0 fully saturated rings. The van der Waals surface area contributed by atoms with Crippen molar-refractivity contribution in [3.8, 4) is 5.75 Å². The summed E-state index contributed by atoms with van der Waals surface area (Å²) in [4.78, 5) is -0.00856. The molecule has 0 saturated heterocycles. The lowest BCUT2D eigenvalue weighted by molar-refractivity contribution is 0.390. The van der Waals surface area contributed by atoms with Crippen LogP contribution in [0.15, 0.2) is 33.7 Å². The Morgan fingerprint density at radius 2 is 1.94 bits per heavy atom. The topological polar surface area (TPSA) is 92.4 Å². The number of nitrogens with zero attached hydrogens (tertiary/aromatic N) is 1. The molecule has 0 atom stereocenters. The third kappa shape index (κ3) is 2.17. The Labute approximate surface area is 104 Å². The van der Waals surface area contributed by atoms with Crippen LogP contribution >= 0.6 is 0 Å². The SMILES string of the molecule is Cc1noc(C)c1S(=O)(=O)Nc1ccccc1O. The van der Waals surface area contributed by atoms with Crippen LogP contribution < -0.4 is 4.72 Å². The summed E-state index contributed by atoms with van der Waals surface area (Å²) >= 11 is 0. The smallest absolute Gasteiger partial charge is 0.267 e. The van der Waals surface area contributed by atoms with E-state index in [1.807, 2.05) is 0 Å². The monoisotopic (exact) mass is 268 g/mol. The molecule has 96 valence electrons. The molecule has 1 heterocycles. The summed E-state index contributed by atoms with van der Waals surface area (Å²) in [6.45, 7) is 3.05. The predicted octanol–water partition coefficient (Wildman–Crippen LogP) is 1.80. The van der Waals surface area contributed by atoms with Gasteiger partial charge in [-0.2, -0.15) is 0 Å². The van der Waals surface area contributed by atoms with Crippen molar-refractivity contribution < 1.29 is 18.0 Å². The van der Waals surface area contributed by atoms with Crippen LogP contribution in [0.4, 0.5) is 5.69 Å². The molecular weight excluding hydrogens is 256 g/mol. The van der Waals surface area contributed by atoms with E-state index >= 15 is 0 Å². The lowest BCUT2D eigenvalue weighted by Gasteiger charge is -2.08. The molecule has 2 N–H and O–H groups in total. The fourth-order valence-electron chi connectivity index (χ4n) is 1.61. The van der Waals surface area contributed by atoms with E-state index < -0.39 is 10.0 Å². The average Bonchev–Trinajstić information content (AvgIpc) is 2.62. The maximum Gasteiger partial charge on any atom is 0.267 e. The number of anilines is 1. The first-order chi connectivity index (χ1) is 8.42. The van der Waals surface area contributed by atoms with Crippen LogP contribution in [0.25, 0.3) is 0 Å². The van der Waals surface area contributed by atoms with Crippen LogP contribution in [0.5, 0.6) is 5.75 Å². The van der Waals surface area contributed by atoms with Crippen LogP contribution in [0.1, 0.15) is 11.5 Å². The van der Waals surface area contributed by atoms with Gasteiger partial charge in [-0.15, -0.1) is 0 Å². The Bertz CT molecular complexity index is 657. The molecule has 1 aromatic heterocycles. The molecule has 0 saturated carbocycles. The minimum atomic E-state index is -3.82. The minimum absolute atomic E-state index is 0.00856. The van der Waals surface area contributed by atoms with E-state index in [4.69, 9.17) is 4.52 Å². The van der Waals surface area contributed by atoms with Crippen LogP contribution in [0.2, 0.25) is 0 Å². The fraction of sp³-hybridized carbons (Fsp3) is 0.182. The first kappa shape index (κ1) is 12.4. The van der Waals surface area contributed by atoms with E-state index in [1.165, 1.54) is 26.0 Å². The number of phenolic OH excluding ortho intramolecular Hbond substituents is 1. The quantitative estimate of drug-likeness (QED) is 0.828. The van der Waals surface area contributed by atoms with Gasteiger partial charge >= 0.3 is 0 Å². The van der Waals surface area contributed by atoms with E-state index in [-0.39, 0.29) is 27.8 Å². The molecule has 0 aliphatic rings. The fourth-order valence-corrected chi connectivity index (χ4v) is 3.02. The lowest BCUT2D eigenvalue weighted by Crippen LogP contribution is -2.14. The summed E-state index contributed by atoms with van der Waals surface area (Å²) in [5, 5.41) is 13.1. The molecule has 2 aromatic rings. The highest BCUT2D eigenvalue weighted by Gasteiger charge is 2.24. The summed E-state index contributed by atoms with van der Waals surface area (Å²) in [7, 11) is -3.82. The largest absolute Gasteiger partial charge is 0.506 e. The van der Waals surface area contributed by atoms with Gasteiger partial charge in [0, 0.05) is 0 Å². The molecule has 0 spiro atoms. The maximum absolute atomic E-state index is 12.1. The van der Waals surface area contributed by atoms with E-state index in [0.717, 1.165) is 0 Å². The van der Waals surface area contributed by atoms with Crippen molar-refractivity contribution >= 4 is 15.7 Å². The molecule has 18 heavy (non-hydrogen) atoms. The second-order valence-electron chi connectivity index (χ2n) is 3.78. The molecule has 1 aromatic carbocycles. The second-order valence-corrected chi connectivity index (χ2v) is 5.40. The maximum atomic E-state index is 12.1. The molecule has 0 unspecified atom stereocenters. The van der Waals surface area contributed by atoms with E-state index in [9.17, 15) is 13.5 Å². The number of nitrogens with one attached hydrogen (secondary N) is 1. The number of benzene rings is 1. The average molecular weight is 268 g/mol. The zero-order valence-electron chi connectivity index (χ0n) is 9.84. The summed E-state index contributed by atoms with van der Waals surface area (Å²) in [6, 6.07) is 6.07. The standard InChI is InChI=1S/C11H12N2O4S/c1-7-11(8(2)17-12-7)18(15,16)13-9-5-3-4-6-10(9)14/h3-6,13-14H,1-2H3. The number of aromatic hydroxyl groups is 1. The molecule has 0 aliphatic heterocycles. The Kier molecular flexibility index (Phi) is 3.00. The third-order valence-corrected chi connectivity index (χ3v) is 3.99. The summed E-state index contributed by atoms with van der Waals surface area (Å²) in [5.41, 5.74) is 0.382. The Morgan fingerprint density at radius 1 is 1.28 bits per heavy atom. The Morgan fingerprint density at radius 3 is 2.50 bits per heavy atom. The highest BCUT2D eigenvalue weighted by Crippen LogP contribution is 2.27. The van der Waals surface area contributed by atoms with E-state index in [0.29, 0.717) is 0 Å². The van der Waals surface area contributed by atoms with Crippen molar-refractivity contribution in [3.05, 3.63) is 35.7 Å². The molecule has 0 amide bonds. The highest BCUT2D eigenvalue weighted by atomic mass is 32.2. The Hall–Kier alpha value is -2.02. The number of hydrogen-bond acceptors (Lipinski definition) is 5. The van der Waals surface area contributed by atoms with Gasteiger partial charge in [-0.1, -0.05) is 17.3 Å². The third-order valence-electron chi connectivity index (χ3n) is 2.38. The van der Waals surface area contributed by atoms with Crippen molar-refractivity contribution in [1.29, 1.82) is 0 Å². The summed E-state index contributed by atoms with van der Waals surface area (Å²) in [5.74, 6) is 0.0586. The summed E-state index contributed by atoms with van der Waals surface area (Å²) in [6.07, 6.45) is 0. The zero-order chi connectivity index (χ0) is 13.3. The van der Waals surface area contributed by atoms with Gasteiger partial charge in [0.2, 0.25) is 0 Å². The van der Waals surface area contributed by atoms with Crippen molar-refractivity contribution in [1.82, 2.24) is 5.16 Å². The van der Waals surface area contributed by atoms with Crippen LogP contribution in [-0.2, 0) is 10.0 Å². The summed E-state index contributed by atoms with van der Waals surface area (Å²) < 4.78 is 31.4. The molecule has 0 aliphatic carbocycles. The van der Waals surface area contributed by atoms with Crippen molar-refractivity contribution in [2.75, 3.05) is 4.72 Å². The molecule has 6 nitrogen and oxygen atoms in total. The first-order valence-corrected chi connectivity index (χ1v) is 6.64. The second kappa shape index (κ2) is 4.34. The molecular formula is C11H12N2O4S. The lowest BCUT2D eigenvalue weighted by atomic mass is 10.3. The van der Waals surface area contributed by atoms with Gasteiger partial charge in [0.1, 0.15) is 11.4 Å². The Balaban J connectivity index is 2.43. The number of rotatable bonds is 3. The molecule has 0 radical (unpaired) electrons.